The van der Waals surface area contributed by atoms with Crippen molar-refractivity contribution >= 4 is 13.2 Å². The Balaban J connectivity index is 1.25. The zero-order chi connectivity index (χ0) is 22.3. The highest BCUT2D eigenvalue weighted by atomic mass is 31.1. The van der Waals surface area contributed by atoms with Crippen LogP contribution in [0.25, 0.3) is 22.5 Å². The Morgan fingerprint density at radius 3 is 1.42 bits per heavy atom. The monoisotopic (exact) mass is 452 g/mol. The van der Waals surface area contributed by atoms with Gasteiger partial charge in [0.05, 0.1) is 0 Å². The minimum absolute atomic E-state index is 0.393. The zero-order valence-electron chi connectivity index (χ0n) is 18.3. The van der Waals surface area contributed by atoms with Crippen molar-refractivity contribution in [3.8, 4) is 22.5 Å². The fourth-order valence-electron chi connectivity index (χ4n) is 3.80. The van der Waals surface area contributed by atoms with Crippen molar-refractivity contribution in [3.05, 3.63) is 115 Å². The van der Waals surface area contributed by atoms with E-state index in [2.05, 4.69) is 54.6 Å². The van der Waals surface area contributed by atoms with Crippen molar-refractivity contribution in [2.24, 2.45) is 0 Å². The van der Waals surface area contributed by atoms with Crippen molar-refractivity contribution in [2.45, 2.75) is 12.8 Å². The molecule has 0 amide bonds. The summed E-state index contributed by atoms with van der Waals surface area (Å²) in [6.45, 7) is 0. The van der Waals surface area contributed by atoms with Crippen LogP contribution in [0.1, 0.15) is 11.8 Å². The number of oxazole rings is 2. The molecule has 0 saturated carbocycles. The van der Waals surface area contributed by atoms with Crippen molar-refractivity contribution in [1.82, 2.24) is 9.97 Å². The average molecular weight is 452 g/mol. The predicted octanol–water partition coefficient (Wildman–Crippen LogP) is 6.59. The topological polar surface area (TPSA) is 52.1 Å². The molecule has 0 unspecified atom stereocenters. The van der Waals surface area contributed by atoms with Gasteiger partial charge >= 0.3 is 0 Å². The van der Waals surface area contributed by atoms with Crippen LogP contribution in [0.15, 0.2) is 112 Å². The van der Waals surface area contributed by atoms with Crippen molar-refractivity contribution < 1.29 is 8.83 Å². The van der Waals surface area contributed by atoms with Gasteiger partial charge in [-0.05, 0) is 17.6 Å². The lowest BCUT2D eigenvalue weighted by molar-refractivity contribution is 0.501. The van der Waals surface area contributed by atoms with Crippen LogP contribution in [0.2, 0.25) is 0 Å². The third-order valence-electron chi connectivity index (χ3n) is 5.56. The standard InChI is InChI=1S/C28H25N2O2P/c1-4-10-22(11-5-1)25-20-31-27(29-25)16-18-33(24-14-8-3-9-15-24)19-17-28-30-26(21-32-28)23-12-6-2-7-13-23/h1-15,20-21H,16-19H2. The number of nitrogens with zero attached hydrogens (tertiary/aromatic N) is 2. The summed E-state index contributed by atoms with van der Waals surface area (Å²) in [6.07, 6.45) is 7.17. The highest BCUT2D eigenvalue weighted by Crippen LogP contribution is 2.36. The third kappa shape index (κ3) is 5.47. The van der Waals surface area contributed by atoms with Crippen LogP contribution >= 0.6 is 7.92 Å². The first-order valence-electron chi connectivity index (χ1n) is 11.1. The minimum Gasteiger partial charge on any atom is -0.448 e. The zero-order valence-corrected chi connectivity index (χ0v) is 19.2. The van der Waals surface area contributed by atoms with Gasteiger partial charge in [-0.25, -0.2) is 9.97 Å². The molecule has 2 heterocycles. The van der Waals surface area contributed by atoms with Crippen LogP contribution in [-0.4, -0.2) is 22.3 Å². The minimum atomic E-state index is -0.393. The van der Waals surface area contributed by atoms with Gasteiger partial charge in [-0.15, -0.1) is 0 Å². The average Bonchev–Trinajstić information content (AvgIpc) is 3.56. The molecule has 0 spiro atoms. The van der Waals surface area contributed by atoms with Gasteiger partial charge in [0.2, 0.25) is 0 Å². The van der Waals surface area contributed by atoms with Gasteiger partial charge < -0.3 is 8.83 Å². The van der Waals surface area contributed by atoms with Gasteiger partial charge in [0.25, 0.3) is 0 Å². The Labute approximate surface area is 195 Å². The van der Waals surface area contributed by atoms with Gasteiger partial charge in [0, 0.05) is 24.0 Å². The van der Waals surface area contributed by atoms with Gasteiger partial charge in [-0.1, -0.05) is 98.9 Å². The number of hydrogen-bond donors (Lipinski definition) is 0. The SMILES string of the molecule is c1ccc(-c2coc(CCP(CCc3nc(-c4ccccc4)co3)c3ccccc3)n2)cc1. The first-order chi connectivity index (χ1) is 16.3. The van der Waals surface area contributed by atoms with E-state index in [1.54, 1.807) is 12.5 Å². The highest BCUT2D eigenvalue weighted by Gasteiger charge is 2.16. The van der Waals surface area contributed by atoms with Crippen LogP contribution in [0.5, 0.6) is 0 Å². The fraction of sp³-hybridized carbons (Fsp3) is 0.143. The summed E-state index contributed by atoms with van der Waals surface area (Å²) in [4.78, 5) is 9.43. The molecule has 3 aromatic carbocycles. The van der Waals surface area contributed by atoms with Crippen LogP contribution in [0, 0.1) is 0 Å². The molecule has 33 heavy (non-hydrogen) atoms. The molecule has 0 bridgehead atoms. The second-order valence-corrected chi connectivity index (χ2v) is 10.3. The van der Waals surface area contributed by atoms with Gasteiger partial charge in [-0.3, -0.25) is 0 Å². The quantitative estimate of drug-likeness (QED) is 0.237. The van der Waals surface area contributed by atoms with Crippen LogP contribution in [0.3, 0.4) is 0 Å². The van der Waals surface area contributed by atoms with Crippen molar-refractivity contribution in [3.63, 3.8) is 0 Å². The van der Waals surface area contributed by atoms with E-state index in [4.69, 9.17) is 18.8 Å². The van der Waals surface area contributed by atoms with E-state index in [1.165, 1.54) is 5.30 Å². The van der Waals surface area contributed by atoms with Crippen LogP contribution < -0.4 is 5.30 Å². The van der Waals surface area contributed by atoms with Crippen molar-refractivity contribution in [1.29, 1.82) is 0 Å². The lowest BCUT2D eigenvalue weighted by Gasteiger charge is -2.16. The molecule has 5 rings (SSSR count). The Kier molecular flexibility index (Phi) is 6.74. The molecule has 0 aliphatic carbocycles. The van der Waals surface area contributed by atoms with Crippen molar-refractivity contribution in [2.75, 3.05) is 12.3 Å². The molecule has 0 aliphatic rings. The van der Waals surface area contributed by atoms with Crippen LogP contribution in [0.4, 0.5) is 0 Å². The molecule has 2 aromatic heterocycles. The Morgan fingerprint density at radius 1 is 0.545 bits per heavy atom. The summed E-state index contributed by atoms with van der Waals surface area (Å²) in [5.74, 6) is 1.58. The highest BCUT2D eigenvalue weighted by molar-refractivity contribution is 7.65. The molecular weight excluding hydrogens is 427 g/mol. The number of benzene rings is 3. The molecule has 0 fully saturated rings. The molecule has 0 radical (unpaired) electrons. The molecule has 0 atom stereocenters. The van der Waals surface area contributed by atoms with E-state index >= 15 is 0 Å². The number of aromatic nitrogens is 2. The lowest BCUT2D eigenvalue weighted by atomic mass is 10.2. The van der Waals surface area contributed by atoms with Crippen LogP contribution in [-0.2, 0) is 12.8 Å². The normalized spacial score (nSPS) is 11.2. The summed E-state index contributed by atoms with van der Waals surface area (Å²) in [7, 11) is -0.393. The van der Waals surface area contributed by atoms with Gasteiger partial charge in [-0.2, -0.15) is 0 Å². The van der Waals surface area contributed by atoms with Gasteiger partial charge in [0.15, 0.2) is 11.8 Å². The lowest BCUT2D eigenvalue weighted by Crippen LogP contribution is -2.09. The predicted molar refractivity (Wildman–Crippen MR) is 134 cm³/mol. The Hall–Kier alpha value is -3.49. The summed E-state index contributed by atoms with van der Waals surface area (Å²) >= 11 is 0. The second kappa shape index (κ2) is 10.4. The maximum absolute atomic E-state index is 5.79. The molecule has 0 N–H and O–H groups in total. The summed E-state index contributed by atoms with van der Waals surface area (Å²) in [6, 6.07) is 31.0. The van der Waals surface area contributed by atoms with E-state index in [1.807, 2.05) is 36.4 Å². The van der Waals surface area contributed by atoms with E-state index in [0.717, 1.165) is 59.5 Å². The summed E-state index contributed by atoms with van der Waals surface area (Å²) < 4.78 is 11.6. The molecule has 0 aliphatic heterocycles. The second-order valence-electron chi connectivity index (χ2n) is 7.81. The smallest absolute Gasteiger partial charge is 0.194 e. The van der Waals surface area contributed by atoms with E-state index in [-0.39, 0.29) is 0 Å². The van der Waals surface area contributed by atoms with Gasteiger partial charge in [0.1, 0.15) is 23.9 Å². The maximum atomic E-state index is 5.79. The van der Waals surface area contributed by atoms with E-state index in [9.17, 15) is 0 Å². The molecule has 5 heteroatoms. The Bertz CT molecular complexity index is 1190. The summed E-state index contributed by atoms with van der Waals surface area (Å²) in [5, 5.41) is 1.39. The molecule has 164 valence electrons. The number of hydrogen-bond acceptors (Lipinski definition) is 4. The first kappa shape index (κ1) is 21.4. The molecule has 0 saturated heterocycles. The molecule has 4 nitrogen and oxygen atoms in total. The largest absolute Gasteiger partial charge is 0.448 e. The van der Waals surface area contributed by atoms with E-state index < -0.39 is 7.92 Å². The molecule has 5 aromatic rings. The maximum Gasteiger partial charge on any atom is 0.194 e. The third-order valence-corrected chi connectivity index (χ3v) is 8.11. The Morgan fingerprint density at radius 2 is 0.970 bits per heavy atom. The first-order valence-corrected chi connectivity index (χ1v) is 12.9. The number of rotatable bonds is 9. The molecular formula is C28H25N2O2P. The fourth-order valence-corrected chi connectivity index (χ4v) is 6.06. The summed E-state index contributed by atoms with van der Waals surface area (Å²) in [5.41, 5.74) is 3.94. The van der Waals surface area contributed by atoms with E-state index in [0.29, 0.717) is 0 Å². The number of aryl methyl sites for hydroxylation is 2.